The number of benzene rings is 1. The molecule has 0 spiro atoms. The molecule has 1 fully saturated rings. The first-order valence-corrected chi connectivity index (χ1v) is 8.28. The van der Waals surface area contributed by atoms with Gasteiger partial charge in [0.05, 0.1) is 4.92 Å². The average molecular weight is 304 g/mol. The Morgan fingerprint density at radius 1 is 1.23 bits per heavy atom. The Balaban J connectivity index is 1.78. The van der Waals surface area contributed by atoms with Crippen LogP contribution in [0.3, 0.4) is 0 Å². The van der Waals surface area contributed by atoms with Crippen LogP contribution < -0.4 is 4.74 Å². The number of rotatable bonds is 4. The maximum Gasteiger partial charge on any atom is 0.311 e. The van der Waals surface area contributed by atoms with Crippen LogP contribution in [0.4, 0.5) is 5.69 Å². The third kappa shape index (κ3) is 3.24. The largest absolute Gasteiger partial charge is 0.485 e. The number of nitrogens with zero attached hydrogens (tertiary/aromatic N) is 2. The Kier molecular flexibility index (Phi) is 4.62. The molecule has 1 aliphatic carbocycles. The highest BCUT2D eigenvalue weighted by Gasteiger charge is 2.24. The first kappa shape index (κ1) is 15.3. The van der Waals surface area contributed by atoms with Crippen molar-refractivity contribution in [2.24, 2.45) is 0 Å². The second kappa shape index (κ2) is 6.65. The maximum atomic E-state index is 11.3. The molecule has 1 saturated heterocycles. The molecule has 0 amide bonds. The zero-order valence-electron chi connectivity index (χ0n) is 13.2. The zero-order valence-corrected chi connectivity index (χ0v) is 13.2. The van der Waals surface area contributed by atoms with Crippen LogP contribution in [0.15, 0.2) is 12.1 Å². The molecule has 2 aliphatic rings. The highest BCUT2D eigenvalue weighted by molar-refractivity contribution is 5.53. The SMILES string of the molecule is CN1CCCCC1COc1cc2c(cc1[N+](=O)[O-])CCCC2. The van der Waals surface area contributed by atoms with Gasteiger partial charge in [0, 0.05) is 12.1 Å². The number of ether oxygens (including phenoxy) is 1. The second-order valence-electron chi connectivity index (χ2n) is 6.49. The second-order valence-corrected chi connectivity index (χ2v) is 6.49. The molecular formula is C17H24N2O3. The third-order valence-corrected chi connectivity index (χ3v) is 4.97. The van der Waals surface area contributed by atoms with Crippen molar-refractivity contribution in [2.75, 3.05) is 20.2 Å². The van der Waals surface area contributed by atoms with E-state index in [1.165, 1.54) is 18.4 Å². The Morgan fingerprint density at radius 2 is 1.95 bits per heavy atom. The average Bonchev–Trinajstić information content (AvgIpc) is 2.53. The molecular weight excluding hydrogens is 280 g/mol. The number of hydrogen-bond donors (Lipinski definition) is 0. The number of hydrogen-bond acceptors (Lipinski definition) is 4. The quantitative estimate of drug-likeness (QED) is 0.632. The fourth-order valence-corrected chi connectivity index (χ4v) is 3.55. The number of likely N-dealkylation sites (N-methyl/N-ethyl adjacent to an activating group) is 1. The zero-order chi connectivity index (χ0) is 15.5. The predicted molar refractivity (Wildman–Crippen MR) is 85.5 cm³/mol. The van der Waals surface area contributed by atoms with Crippen molar-refractivity contribution in [3.8, 4) is 5.75 Å². The fourth-order valence-electron chi connectivity index (χ4n) is 3.55. The van der Waals surface area contributed by atoms with Crippen LogP contribution >= 0.6 is 0 Å². The van der Waals surface area contributed by atoms with Crippen molar-refractivity contribution in [3.05, 3.63) is 33.4 Å². The number of piperidine rings is 1. The molecule has 0 aromatic heterocycles. The van der Waals surface area contributed by atoms with Crippen molar-refractivity contribution in [1.82, 2.24) is 4.90 Å². The highest BCUT2D eigenvalue weighted by Crippen LogP contribution is 2.34. The van der Waals surface area contributed by atoms with Gasteiger partial charge in [-0.05, 0) is 69.3 Å². The Bertz CT molecular complexity index is 559. The summed E-state index contributed by atoms with van der Waals surface area (Å²) in [5.41, 5.74) is 2.48. The van der Waals surface area contributed by atoms with Gasteiger partial charge in [-0.2, -0.15) is 0 Å². The van der Waals surface area contributed by atoms with Crippen molar-refractivity contribution in [3.63, 3.8) is 0 Å². The molecule has 0 saturated carbocycles. The van der Waals surface area contributed by atoms with Crippen LogP contribution in [0.2, 0.25) is 0 Å². The van der Waals surface area contributed by atoms with E-state index in [1.807, 2.05) is 6.07 Å². The summed E-state index contributed by atoms with van der Waals surface area (Å²) in [5, 5.41) is 11.3. The van der Waals surface area contributed by atoms with E-state index in [2.05, 4.69) is 11.9 Å². The van der Waals surface area contributed by atoms with Gasteiger partial charge in [-0.3, -0.25) is 10.1 Å². The third-order valence-electron chi connectivity index (χ3n) is 4.97. The highest BCUT2D eigenvalue weighted by atomic mass is 16.6. The molecule has 1 atom stereocenters. The van der Waals surface area contributed by atoms with Crippen molar-refractivity contribution < 1.29 is 9.66 Å². The summed E-state index contributed by atoms with van der Waals surface area (Å²) in [6.45, 7) is 1.62. The Hall–Kier alpha value is -1.62. The van der Waals surface area contributed by atoms with Crippen molar-refractivity contribution in [2.45, 2.75) is 51.0 Å². The van der Waals surface area contributed by atoms with Crippen LogP contribution in [0.25, 0.3) is 0 Å². The van der Waals surface area contributed by atoms with E-state index in [0.29, 0.717) is 18.4 Å². The molecule has 22 heavy (non-hydrogen) atoms. The van der Waals surface area contributed by atoms with Gasteiger partial charge in [0.2, 0.25) is 0 Å². The summed E-state index contributed by atoms with van der Waals surface area (Å²) in [5.74, 6) is 0.449. The van der Waals surface area contributed by atoms with E-state index in [0.717, 1.165) is 44.2 Å². The van der Waals surface area contributed by atoms with Crippen LogP contribution in [0.5, 0.6) is 5.75 Å². The molecule has 1 aromatic rings. The van der Waals surface area contributed by atoms with E-state index in [4.69, 9.17) is 4.74 Å². The van der Waals surface area contributed by atoms with Gasteiger partial charge < -0.3 is 9.64 Å². The minimum atomic E-state index is -0.311. The minimum Gasteiger partial charge on any atom is -0.485 e. The molecule has 120 valence electrons. The summed E-state index contributed by atoms with van der Waals surface area (Å²) in [7, 11) is 2.11. The molecule has 0 radical (unpaired) electrons. The number of nitro benzene ring substituents is 1. The maximum absolute atomic E-state index is 11.3. The molecule has 0 N–H and O–H groups in total. The van der Waals surface area contributed by atoms with Gasteiger partial charge in [-0.1, -0.05) is 6.42 Å². The molecule has 5 heteroatoms. The molecule has 0 bridgehead atoms. The van der Waals surface area contributed by atoms with E-state index in [-0.39, 0.29) is 10.6 Å². The number of nitro groups is 1. The van der Waals surface area contributed by atoms with Gasteiger partial charge in [-0.15, -0.1) is 0 Å². The summed E-state index contributed by atoms with van der Waals surface area (Å²) in [6.07, 6.45) is 7.79. The first-order valence-electron chi connectivity index (χ1n) is 8.28. The van der Waals surface area contributed by atoms with Crippen molar-refractivity contribution >= 4 is 5.69 Å². The van der Waals surface area contributed by atoms with Gasteiger partial charge in [0.1, 0.15) is 6.61 Å². The topological polar surface area (TPSA) is 55.6 Å². The van der Waals surface area contributed by atoms with E-state index in [1.54, 1.807) is 6.07 Å². The predicted octanol–water partition coefficient (Wildman–Crippen LogP) is 3.34. The summed E-state index contributed by atoms with van der Waals surface area (Å²) in [6, 6.07) is 4.01. The molecule has 5 nitrogen and oxygen atoms in total. The monoisotopic (exact) mass is 304 g/mol. The van der Waals surface area contributed by atoms with E-state index in [9.17, 15) is 10.1 Å². The lowest BCUT2D eigenvalue weighted by Crippen LogP contribution is -2.40. The number of fused-ring (bicyclic) bond motifs is 1. The lowest BCUT2D eigenvalue weighted by molar-refractivity contribution is -0.386. The van der Waals surface area contributed by atoms with Crippen LogP contribution in [-0.4, -0.2) is 36.1 Å². The molecule has 3 rings (SSSR count). The van der Waals surface area contributed by atoms with Gasteiger partial charge >= 0.3 is 5.69 Å². The number of aryl methyl sites for hydroxylation is 2. The normalized spacial score (nSPS) is 22.1. The molecule has 1 heterocycles. The Morgan fingerprint density at radius 3 is 2.64 bits per heavy atom. The van der Waals surface area contributed by atoms with Crippen LogP contribution in [0.1, 0.15) is 43.2 Å². The van der Waals surface area contributed by atoms with Crippen LogP contribution in [0, 0.1) is 10.1 Å². The van der Waals surface area contributed by atoms with Gasteiger partial charge in [0.25, 0.3) is 0 Å². The molecule has 1 aromatic carbocycles. The lowest BCUT2D eigenvalue weighted by Gasteiger charge is -2.32. The minimum absolute atomic E-state index is 0.124. The van der Waals surface area contributed by atoms with Crippen LogP contribution in [-0.2, 0) is 12.8 Å². The summed E-state index contributed by atoms with van der Waals surface area (Å²) in [4.78, 5) is 13.3. The first-order chi connectivity index (χ1) is 10.6. The smallest absolute Gasteiger partial charge is 0.311 e. The summed E-state index contributed by atoms with van der Waals surface area (Å²) >= 11 is 0. The van der Waals surface area contributed by atoms with E-state index >= 15 is 0 Å². The standard InChI is InChI=1S/C17H24N2O3/c1-18-9-5-4-8-15(18)12-22-17-11-14-7-3-2-6-13(14)10-16(17)19(20)21/h10-11,15H,2-9,12H2,1H3. The molecule has 1 unspecified atom stereocenters. The number of likely N-dealkylation sites (tertiary alicyclic amines) is 1. The van der Waals surface area contributed by atoms with Gasteiger partial charge in [-0.25, -0.2) is 0 Å². The van der Waals surface area contributed by atoms with Gasteiger partial charge in [0.15, 0.2) is 5.75 Å². The Labute approximate surface area is 131 Å². The van der Waals surface area contributed by atoms with E-state index < -0.39 is 0 Å². The lowest BCUT2D eigenvalue weighted by atomic mass is 9.91. The fraction of sp³-hybridized carbons (Fsp3) is 0.647. The summed E-state index contributed by atoms with van der Waals surface area (Å²) < 4.78 is 5.89. The van der Waals surface area contributed by atoms with Crippen molar-refractivity contribution in [1.29, 1.82) is 0 Å². The molecule has 1 aliphatic heterocycles.